The van der Waals surface area contributed by atoms with E-state index < -0.39 is 17.2 Å². The Kier molecular flexibility index (Phi) is 4.22. The van der Waals surface area contributed by atoms with Crippen LogP contribution in [0.25, 0.3) is 11.1 Å². The molecule has 0 atom stereocenters. The first kappa shape index (κ1) is 16.0. The molecule has 0 aromatic heterocycles. The Morgan fingerprint density at radius 3 is 1.91 bits per heavy atom. The van der Waals surface area contributed by atoms with Crippen LogP contribution in [0.1, 0.15) is 50.7 Å². The van der Waals surface area contributed by atoms with Gasteiger partial charge in [-0.15, -0.1) is 0 Å². The summed E-state index contributed by atoms with van der Waals surface area (Å²) in [7, 11) is 0. The van der Waals surface area contributed by atoms with Gasteiger partial charge in [-0.1, -0.05) is 52.0 Å². The molecule has 2 aromatic carbocycles. The van der Waals surface area contributed by atoms with Gasteiger partial charge in [0, 0.05) is 5.56 Å². The molecular weight excluding hydrogens is 280 g/mol. The number of phenolic OH excluding ortho intramolecular Hbond substituents is 4. The van der Waals surface area contributed by atoms with Crippen molar-refractivity contribution >= 4 is 0 Å². The zero-order valence-corrected chi connectivity index (χ0v) is 13.3. The molecule has 0 aliphatic carbocycles. The Balaban J connectivity index is 2.78. The predicted molar refractivity (Wildman–Crippen MR) is 86.7 cm³/mol. The zero-order valence-electron chi connectivity index (χ0n) is 13.3. The Bertz CT molecular complexity index is 703. The number of aromatic hydroxyl groups is 4. The largest absolute Gasteiger partial charge is 0.507 e. The summed E-state index contributed by atoms with van der Waals surface area (Å²) in [5, 5.41) is 40.6. The van der Waals surface area contributed by atoms with Gasteiger partial charge >= 0.3 is 0 Å². The lowest BCUT2D eigenvalue weighted by Gasteiger charge is -2.18. The molecule has 0 aliphatic rings. The second-order valence-electron chi connectivity index (χ2n) is 6.12. The third-order valence-corrected chi connectivity index (χ3v) is 3.85. The molecule has 4 nitrogen and oxygen atoms in total. The van der Waals surface area contributed by atoms with Crippen LogP contribution >= 0.6 is 0 Å². The number of hydrogen-bond donors (Lipinski definition) is 4. The fourth-order valence-electron chi connectivity index (χ4n) is 2.59. The minimum Gasteiger partial charge on any atom is -0.507 e. The summed E-state index contributed by atoms with van der Waals surface area (Å²) in [6.07, 6.45) is 0. The zero-order chi connectivity index (χ0) is 16.6. The maximum Gasteiger partial charge on any atom is 0.201 e. The average Bonchev–Trinajstić information content (AvgIpc) is 2.45. The van der Waals surface area contributed by atoms with Gasteiger partial charge in [-0.2, -0.15) is 0 Å². The van der Waals surface area contributed by atoms with Crippen molar-refractivity contribution in [2.24, 2.45) is 0 Å². The fourth-order valence-corrected chi connectivity index (χ4v) is 2.59. The second kappa shape index (κ2) is 5.79. The van der Waals surface area contributed by atoms with E-state index in [-0.39, 0.29) is 22.8 Å². The van der Waals surface area contributed by atoms with Crippen molar-refractivity contribution in [3.8, 4) is 34.1 Å². The van der Waals surface area contributed by atoms with Crippen molar-refractivity contribution in [2.45, 2.75) is 39.5 Å². The van der Waals surface area contributed by atoms with Crippen LogP contribution in [0.4, 0.5) is 0 Å². The molecule has 0 fully saturated rings. The molecule has 22 heavy (non-hydrogen) atoms. The number of phenols is 4. The summed E-state index contributed by atoms with van der Waals surface area (Å²) < 4.78 is 0. The Hall–Kier alpha value is -2.36. The summed E-state index contributed by atoms with van der Waals surface area (Å²) in [5.74, 6) is -1.72. The highest BCUT2D eigenvalue weighted by Crippen LogP contribution is 2.53. The normalized spacial score (nSPS) is 11.4. The lowest BCUT2D eigenvalue weighted by atomic mass is 9.91. The lowest BCUT2D eigenvalue weighted by molar-refractivity contribution is 0.356. The molecule has 2 rings (SSSR count). The van der Waals surface area contributed by atoms with E-state index in [1.165, 1.54) is 0 Å². The molecule has 4 heteroatoms. The summed E-state index contributed by atoms with van der Waals surface area (Å²) in [6, 6.07) is 7.41. The fraction of sp³-hybridized carbons (Fsp3) is 0.333. The van der Waals surface area contributed by atoms with Crippen molar-refractivity contribution in [3.05, 3.63) is 35.4 Å². The first-order chi connectivity index (χ1) is 10.3. The summed E-state index contributed by atoms with van der Waals surface area (Å²) in [4.78, 5) is 0. The highest BCUT2D eigenvalue weighted by molar-refractivity contribution is 5.84. The molecule has 0 bridgehead atoms. The molecule has 0 radical (unpaired) electrons. The number of hydrogen-bond acceptors (Lipinski definition) is 4. The molecule has 0 saturated carbocycles. The van der Waals surface area contributed by atoms with E-state index in [9.17, 15) is 20.4 Å². The van der Waals surface area contributed by atoms with Crippen molar-refractivity contribution < 1.29 is 20.4 Å². The van der Waals surface area contributed by atoms with E-state index in [0.717, 1.165) is 5.56 Å². The highest BCUT2D eigenvalue weighted by atomic mass is 16.3. The summed E-state index contributed by atoms with van der Waals surface area (Å²) in [6.45, 7) is 7.68. The van der Waals surface area contributed by atoms with Crippen LogP contribution in [0.15, 0.2) is 24.3 Å². The van der Waals surface area contributed by atoms with Gasteiger partial charge in [0.15, 0.2) is 11.5 Å². The molecule has 0 aliphatic heterocycles. The van der Waals surface area contributed by atoms with Crippen molar-refractivity contribution in [2.75, 3.05) is 0 Å². The maximum atomic E-state index is 10.5. The van der Waals surface area contributed by atoms with Crippen LogP contribution in [0, 0.1) is 0 Å². The van der Waals surface area contributed by atoms with E-state index in [1.807, 2.05) is 32.0 Å². The van der Waals surface area contributed by atoms with Crippen LogP contribution in [0.5, 0.6) is 23.0 Å². The van der Waals surface area contributed by atoms with Gasteiger partial charge in [-0.3, -0.25) is 0 Å². The minimum absolute atomic E-state index is 0.140. The predicted octanol–water partition coefficient (Wildman–Crippen LogP) is 4.42. The monoisotopic (exact) mass is 302 g/mol. The first-order valence-corrected chi connectivity index (χ1v) is 7.35. The van der Waals surface area contributed by atoms with Gasteiger partial charge in [-0.05, 0) is 23.0 Å². The smallest absolute Gasteiger partial charge is 0.201 e. The molecule has 0 spiro atoms. The highest BCUT2D eigenvalue weighted by Gasteiger charge is 2.25. The third kappa shape index (κ3) is 2.56. The van der Waals surface area contributed by atoms with Crippen molar-refractivity contribution in [1.29, 1.82) is 0 Å². The van der Waals surface area contributed by atoms with Gasteiger partial charge in [-0.25, -0.2) is 0 Å². The first-order valence-electron chi connectivity index (χ1n) is 7.35. The van der Waals surface area contributed by atoms with Crippen LogP contribution in [-0.2, 0) is 0 Å². The molecule has 0 saturated heterocycles. The molecule has 118 valence electrons. The van der Waals surface area contributed by atoms with Crippen molar-refractivity contribution in [1.82, 2.24) is 0 Å². The molecule has 4 N–H and O–H groups in total. The van der Waals surface area contributed by atoms with Gasteiger partial charge in [0.2, 0.25) is 5.75 Å². The Morgan fingerprint density at radius 2 is 1.36 bits per heavy atom. The summed E-state index contributed by atoms with van der Waals surface area (Å²) in [5.41, 5.74) is 2.01. The standard InChI is InChI=1S/C18H22O4/c1-9(2)11-6-5-7-12(8-11)14-15(19)13(10(3)4)16(20)18(22)17(14)21/h5-10,19-22H,1-4H3. The van der Waals surface area contributed by atoms with E-state index in [0.29, 0.717) is 11.5 Å². The maximum absolute atomic E-state index is 10.5. The van der Waals surface area contributed by atoms with E-state index in [4.69, 9.17) is 0 Å². The SMILES string of the molecule is CC(C)c1cccc(-c2c(O)c(O)c(O)c(C(C)C)c2O)c1. The molecule has 0 amide bonds. The van der Waals surface area contributed by atoms with Crippen molar-refractivity contribution in [3.63, 3.8) is 0 Å². The minimum atomic E-state index is -0.605. The number of benzene rings is 2. The van der Waals surface area contributed by atoms with E-state index >= 15 is 0 Å². The Labute approximate surface area is 130 Å². The van der Waals surface area contributed by atoms with Crippen LogP contribution < -0.4 is 0 Å². The van der Waals surface area contributed by atoms with Crippen LogP contribution in [-0.4, -0.2) is 20.4 Å². The Morgan fingerprint density at radius 1 is 0.727 bits per heavy atom. The van der Waals surface area contributed by atoms with Crippen LogP contribution in [0.3, 0.4) is 0 Å². The van der Waals surface area contributed by atoms with Crippen LogP contribution in [0.2, 0.25) is 0 Å². The quantitative estimate of drug-likeness (QED) is 0.499. The van der Waals surface area contributed by atoms with E-state index in [1.54, 1.807) is 19.9 Å². The molecule has 0 unspecified atom stereocenters. The van der Waals surface area contributed by atoms with Gasteiger partial charge < -0.3 is 20.4 Å². The molecule has 2 aromatic rings. The summed E-state index contributed by atoms with van der Waals surface area (Å²) >= 11 is 0. The second-order valence-corrected chi connectivity index (χ2v) is 6.12. The topological polar surface area (TPSA) is 80.9 Å². The lowest BCUT2D eigenvalue weighted by Crippen LogP contribution is -1.94. The van der Waals surface area contributed by atoms with Gasteiger partial charge in [0.1, 0.15) is 5.75 Å². The molecule has 0 heterocycles. The average molecular weight is 302 g/mol. The third-order valence-electron chi connectivity index (χ3n) is 3.85. The van der Waals surface area contributed by atoms with Gasteiger partial charge in [0.05, 0.1) is 5.56 Å². The van der Waals surface area contributed by atoms with Gasteiger partial charge in [0.25, 0.3) is 0 Å². The number of rotatable bonds is 3. The van der Waals surface area contributed by atoms with E-state index in [2.05, 4.69) is 0 Å². The molecular formula is C18H22O4.